The quantitative estimate of drug-likeness (QED) is 0.764. The van der Waals surface area contributed by atoms with Gasteiger partial charge in [-0.1, -0.05) is 0 Å². The summed E-state index contributed by atoms with van der Waals surface area (Å²) < 4.78 is 11.0. The standard InChI is InChI=1S/C9H14O4S/c10-8(11)3-7-4-12-9(13-7)6-1-2-14-5-6/h6-7,9H,1-5H2,(H,10,11). The van der Waals surface area contributed by atoms with Crippen molar-refractivity contribution in [3.8, 4) is 0 Å². The van der Waals surface area contributed by atoms with Gasteiger partial charge in [0, 0.05) is 11.7 Å². The van der Waals surface area contributed by atoms with Crippen molar-refractivity contribution >= 4 is 17.7 Å². The molecule has 2 fully saturated rings. The van der Waals surface area contributed by atoms with Crippen molar-refractivity contribution in [1.82, 2.24) is 0 Å². The summed E-state index contributed by atoms with van der Waals surface area (Å²) in [5.74, 6) is 1.88. The molecule has 2 saturated heterocycles. The molecule has 0 bridgehead atoms. The second-order valence-electron chi connectivity index (χ2n) is 3.68. The van der Waals surface area contributed by atoms with E-state index in [-0.39, 0.29) is 18.8 Å². The smallest absolute Gasteiger partial charge is 0.306 e. The highest BCUT2D eigenvalue weighted by atomic mass is 32.2. The first-order valence-corrected chi connectivity index (χ1v) is 5.98. The van der Waals surface area contributed by atoms with Crippen molar-refractivity contribution in [3.05, 3.63) is 0 Å². The Balaban J connectivity index is 1.78. The molecule has 2 heterocycles. The number of hydrogen-bond donors (Lipinski definition) is 1. The third-order valence-electron chi connectivity index (χ3n) is 2.53. The van der Waals surface area contributed by atoms with Gasteiger partial charge in [0.15, 0.2) is 6.29 Å². The second kappa shape index (κ2) is 4.51. The van der Waals surface area contributed by atoms with E-state index in [1.807, 2.05) is 11.8 Å². The van der Waals surface area contributed by atoms with E-state index in [1.165, 1.54) is 0 Å². The summed E-state index contributed by atoms with van der Waals surface area (Å²) in [7, 11) is 0. The fraction of sp³-hybridized carbons (Fsp3) is 0.889. The molecule has 0 aromatic carbocycles. The lowest BCUT2D eigenvalue weighted by Gasteiger charge is -2.16. The first-order valence-electron chi connectivity index (χ1n) is 4.82. The topological polar surface area (TPSA) is 55.8 Å². The van der Waals surface area contributed by atoms with Gasteiger partial charge < -0.3 is 14.6 Å². The van der Waals surface area contributed by atoms with Gasteiger partial charge in [0.2, 0.25) is 0 Å². The van der Waals surface area contributed by atoms with E-state index >= 15 is 0 Å². The Hall–Kier alpha value is -0.260. The molecule has 0 aliphatic carbocycles. The van der Waals surface area contributed by atoms with Crippen LogP contribution < -0.4 is 0 Å². The lowest BCUT2D eigenvalue weighted by molar-refractivity contribution is -0.141. The van der Waals surface area contributed by atoms with Crippen LogP contribution in [-0.4, -0.2) is 41.6 Å². The molecule has 0 amide bonds. The number of hydrogen-bond acceptors (Lipinski definition) is 4. The molecule has 0 spiro atoms. The highest BCUT2D eigenvalue weighted by Gasteiger charge is 2.35. The normalized spacial score (nSPS) is 37.6. The van der Waals surface area contributed by atoms with Gasteiger partial charge in [0.25, 0.3) is 0 Å². The van der Waals surface area contributed by atoms with E-state index in [4.69, 9.17) is 14.6 Å². The average molecular weight is 218 g/mol. The van der Waals surface area contributed by atoms with Crippen LogP contribution in [-0.2, 0) is 14.3 Å². The summed E-state index contributed by atoms with van der Waals surface area (Å²) in [5, 5.41) is 8.59. The number of ether oxygens (including phenoxy) is 2. The molecule has 4 nitrogen and oxygen atoms in total. The van der Waals surface area contributed by atoms with E-state index < -0.39 is 5.97 Å². The fourth-order valence-corrected chi connectivity index (χ4v) is 3.05. The number of thioether (sulfide) groups is 1. The van der Waals surface area contributed by atoms with E-state index in [2.05, 4.69) is 0 Å². The van der Waals surface area contributed by atoms with Gasteiger partial charge in [-0.15, -0.1) is 0 Å². The molecule has 3 atom stereocenters. The Labute approximate surface area is 87.0 Å². The molecule has 0 saturated carbocycles. The largest absolute Gasteiger partial charge is 0.481 e. The summed E-state index contributed by atoms with van der Waals surface area (Å²) >= 11 is 1.91. The van der Waals surface area contributed by atoms with Crippen molar-refractivity contribution in [2.24, 2.45) is 5.92 Å². The third kappa shape index (κ3) is 2.40. The number of carboxylic acids is 1. The monoisotopic (exact) mass is 218 g/mol. The molecular formula is C9H14O4S. The maximum Gasteiger partial charge on any atom is 0.306 e. The number of aliphatic carboxylic acids is 1. The number of rotatable bonds is 3. The Morgan fingerprint density at radius 1 is 1.57 bits per heavy atom. The van der Waals surface area contributed by atoms with Crippen molar-refractivity contribution in [2.45, 2.75) is 25.2 Å². The second-order valence-corrected chi connectivity index (χ2v) is 4.83. The minimum absolute atomic E-state index is 0.0519. The van der Waals surface area contributed by atoms with Crippen molar-refractivity contribution in [3.63, 3.8) is 0 Å². The molecule has 5 heteroatoms. The fourth-order valence-electron chi connectivity index (χ4n) is 1.79. The highest BCUT2D eigenvalue weighted by Crippen LogP contribution is 2.31. The zero-order valence-electron chi connectivity index (χ0n) is 7.85. The van der Waals surface area contributed by atoms with Crippen LogP contribution in [0.4, 0.5) is 0 Å². The molecule has 80 valence electrons. The average Bonchev–Trinajstić information content (AvgIpc) is 2.69. The Kier molecular flexibility index (Phi) is 3.30. The zero-order valence-corrected chi connectivity index (χ0v) is 8.66. The van der Waals surface area contributed by atoms with E-state index in [1.54, 1.807) is 0 Å². The van der Waals surface area contributed by atoms with Crippen molar-refractivity contribution in [1.29, 1.82) is 0 Å². The number of carboxylic acid groups (broad SMARTS) is 1. The van der Waals surface area contributed by atoms with Crippen LogP contribution in [0.3, 0.4) is 0 Å². The molecule has 3 unspecified atom stereocenters. The molecule has 0 aromatic rings. The molecule has 0 aromatic heterocycles. The predicted octanol–water partition coefficient (Wildman–Crippen LogP) is 0.956. The van der Waals surface area contributed by atoms with Crippen LogP contribution in [0.2, 0.25) is 0 Å². The minimum atomic E-state index is -0.819. The first-order chi connectivity index (χ1) is 6.75. The molecule has 2 rings (SSSR count). The Bertz CT molecular complexity index is 215. The molecular weight excluding hydrogens is 204 g/mol. The molecule has 2 aliphatic rings. The van der Waals surface area contributed by atoms with Crippen LogP contribution in [0.5, 0.6) is 0 Å². The van der Waals surface area contributed by atoms with E-state index in [0.717, 1.165) is 17.9 Å². The maximum absolute atomic E-state index is 10.4. The van der Waals surface area contributed by atoms with Crippen LogP contribution in [0.1, 0.15) is 12.8 Å². The lowest BCUT2D eigenvalue weighted by Crippen LogP contribution is -2.23. The van der Waals surface area contributed by atoms with Crippen LogP contribution in [0.25, 0.3) is 0 Å². The third-order valence-corrected chi connectivity index (χ3v) is 3.71. The molecule has 2 aliphatic heterocycles. The molecule has 0 radical (unpaired) electrons. The first kappa shape index (κ1) is 10.3. The summed E-state index contributed by atoms with van der Waals surface area (Å²) in [6.07, 6.45) is 0.767. The summed E-state index contributed by atoms with van der Waals surface area (Å²) in [4.78, 5) is 10.4. The van der Waals surface area contributed by atoms with Crippen LogP contribution in [0.15, 0.2) is 0 Å². The molecule has 14 heavy (non-hydrogen) atoms. The number of carbonyl (C=O) groups is 1. The summed E-state index contributed by atoms with van der Waals surface area (Å²) in [5.41, 5.74) is 0. The summed E-state index contributed by atoms with van der Waals surface area (Å²) in [6, 6.07) is 0. The van der Waals surface area contributed by atoms with Crippen LogP contribution in [0, 0.1) is 5.92 Å². The van der Waals surface area contributed by atoms with Gasteiger partial charge in [-0.05, 0) is 12.2 Å². The Morgan fingerprint density at radius 3 is 3.07 bits per heavy atom. The highest BCUT2D eigenvalue weighted by molar-refractivity contribution is 7.99. The van der Waals surface area contributed by atoms with Crippen molar-refractivity contribution in [2.75, 3.05) is 18.1 Å². The van der Waals surface area contributed by atoms with Gasteiger partial charge in [-0.2, -0.15) is 11.8 Å². The van der Waals surface area contributed by atoms with E-state index in [9.17, 15) is 4.79 Å². The SMILES string of the molecule is O=C(O)CC1COC(C2CCSC2)O1. The lowest BCUT2D eigenvalue weighted by atomic mass is 10.1. The van der Waals surface area contributed by atoms with Gasteiger partial charge in [0.05, 0.1) is 19.1 Å². The Morgan fingerprint density at radius 2 is 2.43 bits per heavy atom. The summed E-state index contributed by atoms with van der Waals surface area (Å²) in [6.45, 7) is 0.429. The van der Waals surface area contributed by atoms with Gasteiger partial charge in [-0.25, -0.2) is 0 Å². The van der Waals surface area contributed by atoms with Crippen molar-refractivity contribution < 1.29 is 19.4 Å². The minimum Gasteiger partial charge on any atom is -0.481 e. The van der Waals surface area contributed by atoms with E-state index in [0.29, 0.717) is 12.5 Å². The van der Waals surface area contributed by atoms with Gasteiger partial charge >= 0.3 is 5.97 Å². The zero-order chi connectivity index (χ0) is 9.97. The predicted molar refractivity (Wildman–Crippen MR) is 52.3 cm³/mol. The van der Waals surface area contributed by atoms with Gasteiger partial charge in [-0.3, -0.25) is 4.79 Å². The van der Waals surface area contributed by atoms with Crippen LogP contribution >= 0.6 is 11.8 Å². The maximum atomic E-state index is 10.4. The van der Waals surface area contributed by atoms with Gasteiger partial charge in [0.1, 0.15) is 0 Å². The molecule has 1 N–H and O–H groups in total.